The van der Waals surface area contributed by atoms with Crippen molar-refractivity contribution in [3.63, 3.8) is 0 Å². The molecule has 2 aromatic carbocycles. The van der Waals surface area contributed by atoms with Crippen LogP contribution in [0.1, 0.15) is 5.56 Å². The highest BCUT2D eigenvalue weighted by Crippen LogP contribution is 2.38. The Bertz CT molecular complexity index is 1000. The molecular formula is C21H21N3O5. The van der Waals surface area contributed by atoms with Gasteiger partial charge in [0.15, 0.2) is 23.0 Å². The fourth-order valence-electron chi connectivity index (χ4n) is 3.08. The van der Waals surface area contributed by atoms with Crippen LogP contribution < -0.4 is 29.0 Å². The van der Waals surface area contributed by atoms with Crippen LogP contribution in [0.4, 0.5) is 5.95 Å². The van der Waals surface area contributed by atoms with Gasteiger partial charge >= 0.3 is 0 Å². The van der Waals surface area contributed by atoms with Gasteiger partial charge < -0.3 is 29.0 Å². The van der Waals surface area contributed by atoms with E-state index in [1.165, 1.54) is 0 Å². The van der Waals surface area contributed by atoms with E-state index < -0.39 is 0 Å². The standard InChI is InChI=1S/C21H21N3O5/c1-25-18-8-13(9-19(26-2)20(18)27-3)11-23-21-22-7-6-15(24-21)14-4-5-16-17(10-14)29-12-28-16/h4-10H,11-12H2,1-3H3,(H,22,23,24). The number of benzene rings is 2. The first-order chi connectivity index (χ1) is 14.2. The minimum absolute atomic E-state index is 0.240. The summed E-state index contributed by atoms with van der Waals surface area (Å²) in [5, 5.41) is 3.23. The molecule has 0 fully saturated rings. The van der Waals surface area contributed by atoms with Gasteiger partial charge in [0.25, 0.3) is 0 Å². The lowest BCUT2D eigenvalue weighted by Gasteiger charge is -2.14. The van der Waals surface area contributed by atoms with Gasteiger partial charge in [-0.1, -0.05) is 0 Å². The average molecular weight is 395 g/mol. The van der Waals surface area contributed by atoms with E-state index in [-0.39, 0.29) is 6.79 Å². The van der Waals surface area contributed by atoms with Crippen molar-refractivity contribution >= 4 is 5.95 Å². The van der Waals surface area contributed by atoms with Crippen molar-refractivity contribution in [1.82, 2.24) is 9.97 Å². The fourth-order valence-corrected chi connectivity index (χ4v) is 3.08. The maximum atomic E-state index is 5.44. The third kappa shape index (κ3) is 3.82. The second-order valence-corrected chi connectivity index (χ2v) is 6.22. The number of anilines is 1. The molecule has 4 rings (SSSR count). The molecule has 0 bridgehead atoms. The topological polar surface area (TPSA) is 84.0 Å². The van der Waals surface area contributed by atoms with Crippen molar-refractivity contribution in [2.75, 3.05) is 33.4 Å². The highest BCUT2D eigenvalue weighted by molar-refractivity contribution is 5.65. The number of methoxy groups -OCH3 is 3. The van der Waals surface area contributed by atoms with Gasteiger partial charge in [0, 0.05) is 18.3 Å². The number of rotatable bonds is 7. The molecule has 0 radical (unpaired) electrons. The molecule has 1 aliphatic heterocycles. The van der Waals surface area contributed by atoms with Crippen LogP contribution in [0.5, 0.6) is 28.7 Å². The lowest BCUT2D eigenvalue weighted by atomic mass is 10.1. The SMILES string of the molecule is COc1cc(CNc2nccc(-c3ccc4c(c3)OCO4)n2)cc(OC)c1OC. The second kappa shape index (κ2) is 8.14. The lowest BCUT2D eigenvalue weighted by molar-refractivity contribution is 0.174. The molecule has 8 nitrogen and oxygen atoms in total. The summed E-state index contributed by atoms with van der Waals surface area (Å²) >= 11 is 0. The summed E-state index contributed by atoms with van der Waals surface area (Å²) in [6.45, 7) is 0.728. The number of fused-ring (bicyclic) bond motifs is 1. The van der Waals surface area contributed by atoms with E-state index in [2.05, 4.69) is 15.3 Å². The largest absolute Gasteiger partial charge is 0.493 e. The van der Waals surface area contributed by atoms with Gasteiger partial charge in [-0.15, -0.1) is 0 Å². The second-order valence-electron chi connectivity index (χ2n) is 6.22. The van der Waals surface area contributed by atoms with Gasteiger partial charge in [0.2, 0.25) is 18.5 Å². The zero-order valence-electron chi connectivity index (χ0n) is 16.4. The first-order valence-corrected chi connectivity index (χ1v) is 8.97. The van der Waals surface area contributed by atoms with E-state index >= 15 is 0 Å². The highest BCUT2D eigenvalue weighted by Gasteiger charge is 2.15. The third-order valence-corrected chi connectivity index (χ3v) is 4.50. The Morgan fingerprint density at radius 1 is 0.931 bits per heavy atom. The Morgan fingerprint density at radius 2 is 1.69 bits per heavy atom. The summed E-state index contributed by atoms with van der Waals surface area (Å²) < 4.78 is 27.0. The fraction of sp³-hybridized carbons (Fsp3) is 0.238. The molecule has 3 aromatic rings. The predicted molar refractivity (Wildman–Crippen MR) is 107 cm³/mol. The molecule has 0 unspecified atom stereocenters. The van der Waals surface area contributed by atoms with Crippen molar-refractivity contribution in [3.05, 3.63) is 48.2 Å². The minimum Gasteiger partial charge on any atom is -0.493 e. The summed E-state index contributed by atoms with van der Waals surface area (Å²) in [6, 6.07) is 11.4. The van der Waals surface area contributed by atoms with Gasteiger partial charge in [-0.2, -0.15) is 0 Å². The van der Waals surface area contributed by atoms with Gasteiger partial charge in [-0.25, -0.2) is 9.97 Å². The molecule has 0 saturated heterocycles. The molecule has 0 spiro atoms. The lowest BCUT2D eigenvalue weighted by Crippen LogP contribution is -2.05. The molecule has 2 heterocycles. The van der Waals surface area contributed by atoms with E-state index in [1.54, 1.807) is 27.5 Å². The molecule has 1 aliphatic rings. The molecule has 0 atom stereocenters. The van der Waals surface area contributed by atoms with Gasteiger partial charge in [0.05, 0.1) is 27.0 Å². The Balaban J connectivity index is 1.53. The van der Waals surface area contributed by atoms with Gasteiger partial charge in [-0.05, 0) is 42.0 Å². The zero-order chi connectivity index (χ0) is 20.2. The van der Waals surface area contributed by atoms with Gasteiger partial charge in [-0.3, -0.25) is 0 Å². The Kier molecular flexibility index (Phi) is 5.24. The van der Waals surface area contributed by atoms with Crippen molar-refractivity contribution in [3.8, 4) is 40.0 Å². The van der Waals surface area contributed by atoms with Crippen LogP contribution in [0, 0.1) is 0 Å². The van der Waals surface area contributed by atoms with E-state index in [1.807, 2.05) is 36.4 Å². The van der Waals surface area contributed by atoms with E-state index in [0.29, 0.717) is 35.5 Å². The molecule has 1 N–H and O–H groups in total. The average Bonchev–Trinajstić information content (AvgIpc) is 3.25. The van der Waals surface area contributed by atoms with E-state index in [9.17, 15) is 0 Å². The minimum atomic E-state index is 0.240. The molecular weight excluding hydrogens is 374 g/mol. The zero-order valence-corrected chi connectivity index (χ0v) is 16.4. The number of hydrogen-bond donors (Lipinski definition) is 1. The summed E-state index contributed by atoms with van der Waals surface area (Å²) in [5.41, 5.74) is 2.65. The van der Waals surface area contributed by atoms with Crippen LogP contribution in [0.15, 0.2) is 42.6 Å². The molecule has 1 aromatic heterocycles. The van der Waals surface area contributed by atoms with Crippen molar-refractivity contribution < 1.29 is 23.7 Å². The number of hydrogen-bond acceptors (Lipinski definition) is 8. The number of ether oxygens (including phenoxy) is 5. The normalized spacial score (nSPS) is 11.8. The molecule has 150 valence electrons. The van der Waals surface area contributed by atoms with E-state index in [4.69, 9.17) is 23.7 Å². The Hall–Kier alpha value is -3.68. The first-order valence-electron chi connectivity index (χ1n) is 8.97. The van der Waals surface area contributed by atoms with Gasteiger partial charge in [0.1, 0.15) is 0 Å². The van der Waals surface area contributed by atoms with Crippen molar-refractivity contribution in [2.45, 2.75) is 6.54 Å². The monoisotopic (exact) mass is 395 g/mol. The van der Waals surface area contributed by atoms with Crippen molar-refractivity contribution in [2.24, 2.45) is 0 Å². The molecule has 29 heavy (non-hydrogen) atoms. The molecule has 0 aliphatic carbocycles. The number of nitrogens with one attached hydrogen (secondary N) is 1. The highest BCUT2D eigenvalue weighted by atomic mass is 16.7. The van der Waals surface area contributed by atoms with Crippen molar-refractivity contribution in [1.29, 1.82) is 0 Å². The predicted octanol–water partition coefficient (Wildman–Crippen LogP) is 3.51. The van der Waals surface area contributed by atoms with Crippen LogP contribution in [0.25, 0.3) is 11.3 Å². The maximum Gasteiger partial charge on any atom is 0.231 e. The van der Waals surface area contributed by atoms with Crippen LogP contribution in [-0.2, 0) is 6.54 Å². The van der Waals surface area contributed by atoms with Crippen LogP contribution in [-0.4, -0.2) is 38.1 Å². The third-order valence-electron chi connectivity index (χ3n) is 4.50. The van der Waals surface area contributed by atoms with Crippen LogP contribution >= 0.6 is 0 Å². The number of nitrogens with zero attached hydrogens (tertiary/aromatic N) is 2. The number of aromatic nitrogens is 2. The molecule has 0 amide bonds. The van der Waals surface area contributed by atoms with Crippen LogP contribution in [0.3, 0.4) is 0 Å². The quantitative estimate of drug-likeness (QED) is 0.651. The Labute approximate surface area is 168 Å². The summed E-state index contributed by atoms with van der Waals surface area (Å²) in [6.07, 6.45) is 1.71. The summed E-state index contributed by atoms with van der Waals surface area (Å²) in [5.74, 6) is 3.71. The first kappa shape index (κ1) is 18.7. The smallest absolute Gasteiger partial charge is 0.231 e. The maximum absolute atomic E-state index is 5.44. The van der Waals surface area contributed by atoms with E-state index in [0.717, 1.165) is 22.6 Å². The summed E-state index contributed by atoms with van der Waals surface area (Å²) in [7, 11) is 4.76. The molecule has 0 saturated carbocycles. The van der Waals surface area contributed by atoms with Crippen LogP contribution in [0.2, 0.25) is 0 Å². The molecule has 8 heteroatoms. The Morgan fingerprint density at radius 3 is 2.41 bits per heavy atom. The summed E-state index contributed by atoms with van der Waals surface area (Å²) in [4.78, 5) is 8.90.